The minimum absolute atomic E-state index is 0.280. The number of methoxy groups -OCH3 is 1. The summed E-state index contributed by atoms with van der Waals surface area (Å²) in [5.41, 5.74) is 7.59. The Morgan fingerprint density at radius 1 is 1.04 bits per heavy atom. The molecule has 2 aromatic carbocycles. The van der Waals surface area contributed by atoms with Gasteiger partial charge in [-0.15, -0.1) is 0 Å². The van der Waals surface area contributed by atoms with E-state index >= 15 is 0 Å². The van der Waals surface area contributed by atoms with E-state index in [9.17, 15) is 4.79 Å². The number of anilines is 1. The van der Waals surface area contributed by atoms with E-state index in [2.05, 4.69) is 16.6 Å². The fourth-order valence-corrected chi connectivity index (χ4v) is 1.63. The van der Waals surface area contributed by atoms with E-state index in [1.54, 1.807) is 48.5 Å². The van der Waals surface area contributed by atoms with Crippen LogP contribution in [0.3, 0.4) is 0 Å². The van der Waals surface area contributed by atoms with Gasteiger partial charge in [-0.3, -0.25) is 0 Å². The number of rotatable bonds is 3. The van der Waals surface area contributed by atoms with Crippen LogP contribution in [0.1, 0.15) is 29.8 Å². The summed E-state index contributed by atoms with van der Waals surface area (Å²) in [5.74, 6) is 6.23. The Labute approximate surface area is 137 Å². The first kappa shape index (κ1) is 18.1. The quantitative estimate of drug-likeness (QED) is 0.535. The molecule has 2 aromatic rings. The van der Waals surface area contributed by atoms with Gasteiger partial charge in [0.1, 0.15) is 12.4 Å². The third-order valence-corrected chi connectivity index (χ3v) is 2.73. The molecule has 0 saturated carbocycles. The lowest BCUT2D eigenvalue weighted by Gasteiger charge is -2.01. The van der Waals surface area contributed by atoms with Crippen LogP contribution in [0.5, 0.6) is 5.75 Å². The molecule has 0 aromatic heterocycles. The molecule has 2 N–H and O–H groups in total. The predicted molar refractivity (Wildman–Crippen MR) is 92.4 cm³/mol. The van der Waals surface area contributed by atoms with Gasteiger partial charge in [0.05, 0.1) is 12.7 Å². The molecule has 4 nitrogen and oxygen atoms in total. The van der Waals surface area contributed by atoms with Crippen molar-refractivity contribution in [3.63, 3.8) is 0 Å². The highest BCUT2D eigenvalue weighted by Crippen LogP contribution is 2.12. The molecular formula is C19H21NO3. The molecule has 0 aliphatic heterocycles. The second-order valence-corrected chi connectivity index (χ2v) is 4.23. The van der Waals surface area contributed by atoms with Crippen molar-refractivity contribution in [2.75, 3.05) is 19.5 Å². The first-order valence-corrected chi connectivity index (χ1v) is 7.34. The number of carbonyl (C=O) groups excluding carboxylic acids is 1. The first-order chi connectivity index (χ1) is 11.2. The van der Waals surface area contributed by atoms with E-state index in [0.717, 1.165) is 11.3 Å². The van der Waals surface area contributed by atoms with Crippen molar-refractivity contribution < 1.29 is 14.3 Å². The highest BCUT2D eigenvalue weighted by Gasteiger charge is 2.02. The Morgan fingerprint density at radius 2 is 1.65 bits per heavy atom. The van der Waals surface area contributed by atoms with E-state index < -0.39 is 0 Å². The number of carbonyl (C=O) groups is 1. The van der Waals surface area contributed by atoms with Crippen LogP contribution in [0.4, 0.5) is 5.69 Å². The monoisotopic (exact) mass is 311 g/mol. The molecule has 0 radical (unpaired) electrons. The van der Waals surface area contributed by atoms with E-state index in [4.69, 9.17) is 10.5 Å². The Hall–Kier alpha value is -2.93. The van der Waals surface area contributed by atoms with Crippen LogP contribution in [-0.2, 0) is 4.74 Å². The van der Waals surface area contributed by atoms with Gasteiger partial charge in [-0.2, -0.15) is 0 Å². The number of hydrogen-bond acceptors (Lipinski definition) is 4. The predicted octanol–water partition coefficient (Wildman–Crippen LogP) is 3.51. The van der Waals surface area contributed by atoms with E-state index in [1.807, 2.05) is 13.8 Å². The van der Waals surface area contributed by atoms with Crippen molar-refractivity contribution in [1.29, 1.82) is 0 Å². The number of benzene rings is 2. The van der Waals surface area contributed by atoms with Crippen molar-refractivity contribution in [2.24, 2.45) is 0 Å². The Kier molecular flexibility index (Phi) is 7.81. The molecule has 23 heavy (non-hydrogen) atoms. The summed E-state index contributed by atoms with van der Waals surface area (Å²) in [6.07, 6.45) is 0. The summed E-state index contributed by atoms with van der Waals surface area (Å²) in [7, 11) is 1.35. The second kappa shape index (κ2) is 9.91. The van der Waals surface area contributed by atoms with Crippen LogP contribution in [0, 0.1) is 11.8 Å². The SMILES string of the molecule is CC.COC(=O)c1ccc(C#CCOc2ccc(N)cc2)cc1. The molecule has 0 saturated heterocycles. The van der Waals surface area contributed by atoms with E-state index in [-0.39, 0.29) is 12.6 Å². The van der Waals surface area contributed by atoms with Gasteiger partial charge in [0.2, 0.25) is 0 Å². The lowest BCUT2D eigenvalue weighted by molar-refractivity contribution is 0.0600. The summed E-state index contributed by atoms with van der Waals surface area (Å²) >= 11 is 0. The number of hydrogen-bond donors (Lipinski definition) is 1. The van der Waals surface area contributed by atoms with Crippen LogP contribution in [0.15, 0.2) is 48.5 Å². The van der Waals surface area contributed by atoms with Crippen molar-refractivity contribution in [3.05, 3.63) is 59.7 Å². The molecule has 0 aliphatic rings. The van der Waals surface area contributed by atoms with Crippen LogP contribution < -0.4 is 10.5 Å². The molecule has 0 heterocycles. The Morgan fingerprint density at radius 3 is 2.22 bits per heavy atom. The summed E-state index contributed by atoms with van der Waals surface area (Å²) in [6.45, 7) is 4.28. The van der Waals surface area contributed by atoms with Gasteiger partial charge < -0.3 is 15.2 Å². The molecule has 0 amide bonds. The molecule has 120 valence electrons. The lowest BCUT2D eigenvalue weighted by Crippen LogP contribution is -2.00. The number of ether oxygens (including phenoxy) is 2. The smallest absolute Gasteiger partial charge is 0.337 e. The van der Waals surface area contributed by atoms with Gasteiger partial charge in [0, 0.05) is 11.3 Å². The van der Waals surface area contributed by atoms with Crippen molar-refractivity contribution >= 4 is 11.7 Å². The molecule has 0 bridgehead atoms. The number of nitrogen functional groups attached to an aromatic ring is 1. The zero-order chi connectivity index (χ0) is 17.1. The van der Waals surface area contributed by atoms with Gasteiger partial charge in [-0.1, -0.05) is 25.7 Å². The van der Waals surface area contributed by atoms with Crippen molar-refractivity contribution in [3.8, 4) is 17.6 Å². The number of esters is 1. The zero-order valence-electron chi connectivity index (χ0n) is 13.6. The highest BCUT2D eigenvalue weighted by molar-refractivity contribution is 5.89. The maximum absolute atomic E-state index is 11.3. The molecule has 0 fully saturated rings. The summed E-state index contributed by atoms with van der Waals surface area (Å²) in [6, 6.07) is 14.0. The Balaban J connectivity index is 0.00000127. The molecule has 0 spiro atoms. The molecule has 0 unspecified atom stereocenters. The van der Waals surface area contributed by atoms with Gasteiger partial charge in [-0.05, 0) is 48.5 Å². The summed E-state index contributed by atoms with van der Waals surface area (Å²) in [4.78, 5) is 11.3. The molecule has 2 rings (SSSR count). The third kappa shape index (κ3) is 6.15. The maximum Gasteiger partial charge on any atom is 0.337 e. The average molecular weight is 311 g/mol. The lowest BCUT2D eigenvalue weighted by atomic mass is 10.1. The second-order valence-electron chi connectivity index (χ2n) is 4.23. The largest absolute Gasteiger partial charge is 0.481 e. The van der Waals surface area contributed by atoms with Crippen LogP contribution in [0.2, 0.25) is 0 Å². The molecule has 4 heteroatoms. The summed E-state index contributed by atoms with van der Waals surface area (Å²) < 4.78 is 10.1. The van der Waals surface area contributed by atoms with E-state index in [1.165, 1.54) is 7.11 Å². The standard InChI is InChI=1S/C17H15NO3.C2H6/c1-20-17(19)14-6-4-13(5-7-14)3-2-12-21-16-10-8-15(18)9-11-16;1-2/h4-11H,12,18H2,1H3;1-2H3. The fourth-order valence-electron chi connectivity index (χ4n) is 1.63. The Bertz CT molecular complexity index is 665. The summed E-state index contributed by atoms with van der Waals surface area (Å²) in [5, 5.41) is 0. The molecule has 0 atom stereocenters. The van der Waals surface area contributed by atoms with Crippen molar-refractivity contribution in [2.45, 2.75) is 13.8 Å². The zero-order valence-corrected chi connectivity index (χ0v) is 13.6. The van der Waals surface area contributed by atoms with Crippen LogP contribution >= 0.6 is 0 Å². The van der Waals surface area contributed by atoms with Gasteiger partial charge in [0.25, 0.3) is 0 Å². The van der Waals surface area contributed by atoms with Gasteiger partial charge >= 0.3 is 5.97 Å². The third-order valence-electron chi connectivity index (χ3n) is 2.73. The number of nitrogens with two attached hydrogens (primary N) is 1. The minimum atomic E-state index is -0.360. The van der Waals surface area contributed by atoms with E-state index in [0.29, 0.717) is 11.3 Å². The van der Waals surface area contributed by atoms with Crippen molar-refractivity contribution in [1.82, 2.24) is 0 Å². The van der Waals surface area contributed by atoms with Crippen LogP contribution in [-0.4, -0.2) is 19.7 Å². The maximum atomic E-state index is 11.3. The minimum Gasteiger partial charge on any atom is -0.481 e. The topological polar surface area (TPSA) is 61.5 Å². The average Bonchev–Trinajstić information content (AvgIpc) is 2.62. The normalized spacial score (nSPS) is 8.83. The van der Waals surface area contributed by atoms with Crippen LogP contribution in [0.25, 0.3) is 0 Å². The molecule has 0 aliphatic carbocycles. The molecular weight excluding hydrogens is 290 g/mol. The first-order valence-electron chi connectivity index (χ1n) is 7.34. The van der Waals surface area contributed by atoms with Gasteiger partial charge in [-0.25, -0.2) is 4.79 Å². The fraction of sp³-hybridized carbons (Fsp3) is 0.211. The van der Waals surface area contributed by atoms with Gasteiger partial charge in [0.15, 0.2) is 0 Å². The highest BCUT2D eigenvalue weighted by atomic mass is 16.5.